The van der Waals surface area contributed by atoms with Crippen LogP contribution in [0, 0.1) is 11.6 Å². The van der Waals surface area contributed by atoms with Gasteiger partial charge >= 0.3 is 0 Å². The molecule has 3 N–H and O–H groups in total. The highest BCUT2D eigenvalue weighted by Gasteiger charge is 2.27. The Hall–Kier alpha value is -3.41. The number of benzene rings is 3. The van der Waals surface area contributed by atoms with E-state index >= 15 is 0 Å². The van der Waals surface area contributed by atoms with Crippen LogP contribution in [0.3, 0.4) is 0 Å². The number of nitrogens with one attached hydrogen (secondary N) is 2. The van der Waals surface area contributed by atoms with Crippen molar-refractivity contribution in [2.24, 2.45) is 0 Å². The third-order valence-electron chi connectivity index (χ3n) is 7.23. The molecule has 3 aromatic carbocycles. The second-order valence-electron chi connectivity index (χ2n) is 11.0. The molecule has 0 aliphatic heterocycles. The summed E-state index contributed by atoms with van der Waals surface area (Å²) in [5.41, 5.74) is 0.982. The fraction of sp³-hybridized carbons (Fsp3) is 0.394. The van der Waals surface area contributed by atoms with Crippen molar-refractivity contribution in [2.45, 2.75) is 38.0 Å². The lowest BCUT2D eigenvalue weighted by Crippen LogP contribution is -2.51. The molecule has 2 amide bonds. The lowest BCUT2D eigenvalue weighted by Gasteiger charge is -2.31. The molecule has 11 heteroatoms. The molecule has 0 bridgehead atoms. The number of carbonyl (C=O) groups excluding carboxylic acids is 2. The summed E-state index contributed by atoms with van der Waals surface area (Å²) < 4.78 is 38.3. The zero-order valence-electron chi connectivity index (χ0n) is 25.4. The maximum Gasteiger partial charge on any atom is 0.254 e. The van der Waals surface area contributed by atoms with Gasteiger partial charge in [0.05, 0.1) is 25.4 Å². The summed E-state index contributed by atoms with van der Waals surface area (Å²) in [7, 11) is 3.06. The van der Waals surface area contributed by atoms with Crippen LogP contribution in [0.2, 0.25) is 5.02 Å². The van der Waals surface area contributed by atoms with Crippen molar-refractivity contribution in [1.29, 1.82) is 0 Å². The zero-order valence-corrected chi connectivity index (χ0v) is 26.2. The highest BCUT2D eigenvalue weighted by Crippen LogP contribution is 2.21. The molecule has 0 aliphatic rings. The molecule has 0 spiro atoms. The van der Waals surface area contributed by atoms with Gasteiger partial charge < -0.3 is 30.1 Å². The average Bonchev–Trinajstić information content (AvgIpc) is 2.99. The van der Waals surface area contributed by atoms with Gasteiger partial charge in [-0.25, -0.2) is 8.78 Å². The van der Waals surface area contributed by atoms with Crippen LogP contribution < -0.4 is 10.6 Å². The van der Waals surface area contributed by atoms with Gasteiger partial charge in [-0.1, -0.05) is 41.9 Å². The van der Waals surface area contributed by atoms with Gasteiger partial charge in [-0.2, -0.15) is 0 Å². The van der Waals surface area contributed by atoms with Crippen molar-refractivity contribution in [1.82, 2.24) is 15.5 Å². The van der Waals surface area contributed by atoms with Crippen LogP contribution in [-0.2, 0) is 21.4 Å². The minimum Gasteiger partial charge on any atom is -0.390 e. The normalized spacial score (nSPS) is 12.9. The Labute approximate surface area is 262 Å². The molecule has 0 saturated carbocycles. The monoisotopic (exact) mass is 631 g/mol. The quantitative estimate of drug-likeness (QED) is 0.214. The molecule has 0 heterocycles. The molecule has 44 heavy (non-hydrogen) atoms. The average molecular weight is 632 g/mol. The van der Waals surface area contributed by atoms with Gasteiger partial charge in [-0.05, 0) is 61.7 Å². The first-order valence-electron chi connectivity index (χ1n) is 14.3. The van der Waals surface area contributed by atoms with E-state index in [1.54, 1.807) is 0 Å². The number of hydrogen-bond donors (Lipinski definition) is 3. The van der Waals surface area contributed by atoms with Gasteiger partial charge in [-0.15, -0.1) is 0 Å². The van der Waals surface area contributed by atoms with Crippen molar-refractivity contribution in [3.8, 4) is 0 Å². The molecule has 3 aromatic rings. The summed E-state index contributed by atoms with van der Waals surface area (Å²) in [5.74, 6) is -2.53. The van der Waals surface area contributed by atoms with E-state index in [9.17, 15) is 23.5 Å². The maximum absolute atomic E-state index is 14.0. The SMILES string of the molecule is COCCN(CCOC)C(=O)c1cc(Cl)cc(C(=O)N[C@@H](Cc2cc(F)cc(F)c2)[C@H](O)CNC(C)(C)c2ccccc2)c1. The van der Waals surface area contributed by atoms with Crippen molar-refractivity contribution in [2.75, 3.05) is 47.1 Å². The largest absolute Gasteiger partial charge is 0.390 e. The Bertz CT molecular complexity index is 1360. The predicted molar refractivity (Wildman–Crippen MR) is 166 cm³/mol. The number of hydrogen-bond acceptors (Lipinski definition) is 6. The Morgan fingerprint density at radius 1 is 0.932 bits per heavy atom. The van der Waals surface area contributed by atoms with Crippen molar-refractivity contribution >= 4 is 23.4 Å². The number of methoxy groups -OCH3 is 2. The van der Waals surface area contributed by atoms with Crippen molar-refractivity contribution in [3.05, 3.63) is 106 Å². The van der Waals surface area contributed by atoms with Crippen LogP contribution in [0.5, 0.6) is 0 Å². The van der Waals surface area contributed by atoms with E-state index in [0.29, 0.717) is 26.3 Å². The number of nitrogens with zero attached hydrogens (tertiary/aromatic N) is 1. The molecule has 0 saturated heterocycles. The van der Waals surface area contributed by atoms with Crippen LogP contribution in [0.25, 0.3) is 0 Å². The first-order valence-corrected chi connectivity index (χ1v) is 14.6. The molecule has 0 fully saturated rings. The summed E-state index contributed by atoms with van der Waals surface area (Å²) in [5, 5.41) is 17.5. The van der Waals surface area contributed by atoms with E-state index in [1.807, 2.05) is 44.2 Å². The standard InChI is InChI=1S/C33H40ClF2N3O5/c1-33(2,25-8-6-5-7-9-25)37-21-30(40)29(16-22-14-27(35)20-28(36)15-22)38-31(41)23-17-24(19-26(34)18-23)32(42)39(10-12-43-3)11-13-44-4/h5-9,14-15,17-20,29-30,37,40H,10-13,16,21H2,1-4H3,(H,38,41)/t29-,30+/m0/s1. The van der Waals surface area contributed by atoms with Gasteiger partial charge in [0.2, 0.25) is 0 Å². The van der Waals surface area contributed by atoms with Crippen LogP contribution in [0.4, 0.5) is 8.78 Å². The fourth-order valence-electron chi connectivity index (χ4n) is 4.72. The van der Waals surface area contributed by atoms with Gasteiger partial charge in [0.15, 0.2) is 0 Å². The van der Waals surface area contributed by atoms with Crippen LogP contribution in [0.1, 0.15) is 45.7 Å². The van der Waals surface area contributed by atoms with E-state index in [-0.39, 0.29) is 40.6 Å². The number of halogens is 3. The molecule has 3 rings (SSSR count). The number of aliphatic hydroxyl groups excluding tert-OH is 1. The van der Waals surface area contributed by atoms with Gasteiger partial charge in [0.1, 0.15) is 11.6 Å². The van der Waals surface area contributed by atoms with Gasteiger partial charge in [-0.3, -0.25) is 9.59 Å². The number of aliphatic hydroxyl groups is 1. The summed E-state index contributed by atoms with van der Waals surface area (Å²) in [6, 6.07) is 16.0. The van der Waals surface area contributed by atoms with E-state index in [1.165, 1.54) is 37.3 Å². The second kappa shape index (κ2) is 16.6. The molecular weight excluding hydrogens is 592 g/mol. The first-order chi connectivity index (χ1) is 20.9. The lowest BCUT2D eigenvalue weighted by molar-refractivity contribution is 0.0627. The third-order valence-corrected chi connectivity index (χ3v) is 7.45. The Morgan fingerprint density at radius 3 is 2.11 bits per heavy atom. The predicted octanol–water partition coefficient (Wildman–Crippen LogP) is 4.58. The lowest BCUT2D eigenvalue weighted by atomic mass is 9.93. The van der Waals surface area contributed by atoms with Gasteiger partial charge in [0.25, 0.3) is 11.8 Å². The summed E-state index contributed by atoms with van der Waals surface area (Å²) in [6.07, 6.45) is -1.23. The van der Waals surface area contributed by atoms with Crippen LogP contribution >= 0.6 is 11.6 Å². The van der Waals surface area contributed by atoms with Crippen LogP contribution in [0.15, 0.2) is 66.7 Å². The Morgan fingerprint density at radius 2 is 1.52 bits per heavy atom. The third kappa shape index (κ3) is 10.3. The molecule has 8 nitrogen and oxygen atoms in total. The minimum atomic E-state index is -1.16. The summed E-state index contributed by atoms with van der Waals surface area (Å²) >= 11 is 6.33. The highest BCUT2D eigenvalue weighted by molar-refractivity contribution is 6.31. The van der Waals surface area contributed by atoms with Crippen LogP contribution in [-0.4, -0.2) is 81.0 Å². The number of ether oxygens (including phenoxy) is 2. The van der Waals surface area contributed by atoms with Crippen molar-refractivity contribution < 1.29 is 33.0 Å². The molecular formula is C33H40ClF2N3O5. The smallest absolute Gasteiger partial charge is 0.254 e. The second-order valence-corrected chi connectivity index (χ2v) is 11.4. The Balaban J connectivity index is 1.85. The minimum absolute atomic E-state index is 0.0535. The fourth-order valence-corrected chi connectivity index (χ4v) is 4.96. The van der Waals surface area contributed by atoms with E-state index in [0.717, 1.165) is 23.8 Å². The maximum atomic E-state index is 14.0. The molecule has 0 unspecified atom stereocenters. The van der Waals surface area contributed by atoms with E-state index in [2.05, 4.69) is 10.6 Å². The Kier molecular flexibility index (Phi) is 13.2. The first kappa shape index (κ1) is 35.1. The molecule has 238 valence electrons. The van der Waals surface area contributed by atoms with Crippen molar-refractivity contribution in [3.63, 3.8) is 0 Å². The molecule has 0 aliphatic carbocycles. The topological polar surface area (TPSA) is 100 Å². The summed E-state index contributed by atoms with van der Waals surface area (Å²) in [4.78, 5) is 28.4. The zero-order chi connectivity index (χ0) is 32.3. The summed E-state index contributed by atoms with van der Waals surface area (Å²) in [6.45, 7) is 5.18. The number of carbonyl (C=O) groups is 2. The molecule has 2 atom stereocenters. The molecule has 0 aromatic heterocycles. The van der Waals surface area contributed by atoms with E-state index in [4.69, 9.17) is 21.1 Å². The molecule has 0 radical (unpaired) electrons. The highest BCUT2D eigenvalue weighted by atomic mass is 35.5. The number of rotatable bonds is 16. The number of amides is 2. The van der Waals surface area contributed by atoms with E-state index < -0.39 is 35.2 Å². The van der Waals surface area contributed by atoms with Gasteiger partial charge in [0, 0.05) is 61.6 Å².